The zero-order valence-corrected chi connectivity index (χ0v) is 7.66. The number of nitrogens with one attached hydrogen (secondary N) is 1. The Morgan fingerprint density at radius 2 is 1.75 bits per heavy atom. The summed E-state index contributed by atoms with van der Waals surface area (Å²) >= 11 is 0. The summed E-state index contributed by atoms with van der Waals surface area (Å²) < 4.78 is 1.65. The molecule has 0 unspecified atom stereocenters. The van der Waals surface area contributed by atoms with Gasteiger partial charge in [-0.1, -0.05) is 20.8 Å². The van der Waals surface area contributed by atoms with Crippen LogP contribution < -0.4 is 5.43 Å². The molecule has 0 radical (unpaired) electrons. The monoisotopic (exact) mass is 166 g/mol. The van der Waals surface area contributed by atoms with E-state index in [-0.39, 0.29) is 11.3 Å². The van der Waals surface area contributed by atoms with Gasteiger partial charge in [-0.15, -0.1) is 0 Å². The second-order valence-corrected chi connectivity index (χ2v) is 3.78. The summed E-state index contributed by atoms with van der Waals surface area (Å²) in [5.74, 6) is 0.0127. The lowest BCUT2D eigenvalue weighted by Gasteiger charge is -2.17. The van der Waals surface area contributed by atoms with Crippen molar-refractivity contribution in [3.05, 3.63) is 24.5 Å². The van der Waals surface area contributed by atoms with Crippen LogP contribution in [-0.4, -0.2) is 10.6 Å². The average Bonchev–Trinajstić information content (AvgIpc) is 2.37. The van der Waals surface area contributed by atoms with Crippen LogP contribution in [0.5, 0.6) is 0 Å². The largest absolute Gasteiger partial charge is 0.273 e. The fourth-order valence-corrected chi connectivity index (χ4v) is 0.694. The van der Waals surface area contributed by atoms with Crippen molar-refractivity contribution in [1.82, 2.24) is 4.68 Å². The maximum absolute atomic E-state index is 11.4. The molecule has 0 saturated heterocycles. The van der Waals surface area contributed by atoms with E-state index >= 15 is 0 Å². The number of nitrogens with zero attached hydrogens (tertiary/aromatic N) is 1. The summed E-state index contributed by atoms with van der Waals surface area (Å²) in [5, 5.41) is 0. The Bertz CT molecular complexity index is 257. The van der Waals surface area contributed by atoms with Crippen LogP contribution >= 0.6 is 0 Å². The molecule has 1 aromatic rings. The van der Waals surface area contributed by atoms with Gasteiger partial charge in [-0.3, -0.25) is 14.9 Å². The molecule has 1 aromatic heterocycles. The molecule has 3 heteroatoms. The van der Waals surface area contributed by atoms with Crippen molar-refractivity contribution in [3.63, 3.8) is 0 Å². The fourth-order valence-electron chi connectivity index (χ4n) is 0.694. The topological polar surface area (TPSA) is 34.0 Å². The molecule has 12 heavy (non-hydrogen) atoms. The fraction of sp³-hybridized carbons (Fsp3) is 0.444. The lowest BCUT2D eigenvalue weighted by Crippen LogP contribution is -2.32. The molecular weight excluding hydrogens is 152 g/mol. The Labute approximate surface area is 72.4 Å². The van der Waals surface area contributed by atoms with Gasteiger partial charge in [0.25, 0.3) is 0 Å². The zero-order valence-electron chi connectivity index (χ0n) is 7.66. The van der Waals surface area contributed by atoms with E-state index in [4.69, 9.17) is 0 Å². The standard InChI is InChI=1S/C9H14N2O/c1-9(2,3)8(12)10-11-6-4-5-7-11/h4-7H,1-3H3,(H,10,12). The van der Waals surface area contributed by atoms with Gasteiger partial charge in [0.1, 0.15) is 0 Å². The Morgan fingerprint density at radius 3 is 2.17 bits per heavy atom. The van der Waals surface area contributed by atoms with Crippen molar-refractivity contribution in [2.45, 2.75) is 20.8 Å². The third-order valence-electron chi connectivity index (χ3n) is 1.52. The Hall–Kier alpha value is -1.25. The van der Waals surface area contributed by atoms with Gasteiger partial charge in [-0.05, 0) is 12.1 Å². The maximum atomic E-state index is 11.4. The third kappa shape index (κ3) is 2.12. The molecule has 0 aliphatic carbocycles. The van der Waals surface area contributed by atoms with Crippen LogP contribution in [0.25, 0.3) is 0 Å². The lowest BCUT2D eigenvalue weighted by atomic mass is 9.96. The molecule has 0 atom stereocenters. The molecule has 0 aromatic carbocycles. The first-order chi connectivity index (χ1) is 5.50. The SMILES string of the molecule is CC(C)(C)C(=O)Nn1cccc1. The van der Waals surface area contributed by atoms with Gasteiger partial charge in [-0.25, -0.2) is 0 Å². The average molecular weight is 166 g/mol. The summed E-state index contributed by atoms with van der Waals surface area (Å²) in [7, 11) is 0. The Morgan fingerprint density at radius 1 is 1.25 bits per heavy atom. The molecule has 3 nitrogen and oxygen atoms in total. The smallest absolute Gasteiger partial charge is 0.244 e. The zero-order chi connectivity index (χ0) is 9.19. The van der Waals surface area contributed by atoms with E-state index in [2.05, 4.69) is 5.43 Å². The predicted molar refractivity (Wildman–Crippen MR) is 48.3 cm³/mol. The van der Waals surface area contributed by atoms with E-state index in [1.165, 1.54) is 0 Å². The predicted octanol–water partition coefficient (Wildman–Crippen LogP) is 1.60. The van der Waals surface area contributed by atoms with Crippen molar-refractivity contribution in [2.75, 3.05) is 5.43 Å². The van der Waals surface area contributed by atoms with E-state index < -0.39 is 0 Å². The third-order valence-corrected chi connectivity index (χ3v) is 1.52. The Kier molecular flexibility index (Phi) is 2.22. The number of carbonyl (C=O) groups excluding carboxylic acids is 1. The first kappa shape index (κ1) is 8.84. The minimum absolute atomic E-state index is 0.0127. The highest BCUT2D eigenvalue weighted by Crippen LogP contribution is 2.12. The molecule has 66 valence electrons. The first-order valence-corrected chi connectivity index (χ1v) is 3.94. The molecule has 1 rings (SSSR count). The van der Waals surface area contributed by atoms with Gasteiger partial charge in [0.15, 0.2) is 0 Å². The summed E-state index contributed by atoms with van der Waals surface area (Å²) in [6, 6.07) is 3.73. The van der Waals surface area contributed by atoms with Crippen molar-refractivity contribution in [3.8, 4) is 0 Å². The number of hydrogen-bond donors (Lipinski definition) is 1. The van der Waals surface area contributed by atoms with Crippen molar-refractivity contribution in [2.24, 2.45) is 5.41 Å². The minimum Gasteiger partial charge on any atom is -0.273 e. The maximum Gasteiger partial charge on any atom is 0.244 e. The normalized spacial score (nSPS) is 11.2. The Balaban J connectivity index is 2.60. The van der Waals surface area contributed by atoms with Crippen LogP contribution in [0.4, 0.5) is 0 Å². The van der Waals surface area contributed by atoms with Crippen LogP contribution in [0.15, 0.2) is 24.5 Å². The van der Waals surface area contributed by atoms with Crippen molar-refractivity contribution >= 4 is 5.91 Å². The molecule has 0 aliphatic heterocycles. The van der Waals surface area contributed by atoms with Gasteiger partial charge in [-0.2, -0.15) is 0 Å². The van der Waals surface area contributed by atoms with E-state index in [9.17, 15) is 4.79 Å². The summed E-state index contributed by atoms with van der Waals surface area (Å²) in [6.45, 7) is 5.64. The minimum atomic E-state index is -0.343. The van der Waals surface area contributed by atoms with Gasteiger partial charge >= 0.3 is 0 Å². The van der Waals surface area contributed by atoms with Crippen molar-refractivity contribution in [1.29, 1.82) is 0 Å². The number of rotatable bonds is 1. The molecule has 1 heterocycles. The molecule has 1 amide bonds. The molecule has 0 saturated carbocycles. The summed E-state index contributed by atoms with van der Waals surface area (Å²) in [5.41, 5.74) is 2.40. The van der Waals surface area contributed by atoms with E-state index in [0.29, 0.717) is 0 Å². The van der Waals surface area contributed by atoms with E-state index in [1.807, 2.05) is 32.9 Å². The van der Waals surface area contributed by atoms with E-state index in [1.54, 1.807) is 17.1 Å². The highest BCUT2D eigenvalue weighted by molar-refractivity contribution is 5.88. The molecule has 0 aliphatic rings. The lowest BCUT2D eigenvalue weighted by molar-refractivity contribution is -0.124. The van der Waals surface area contributed by atoms with Gasteiger partial charge in [0.05, 0.1) is 0 Å². The summed E-state index contributed by atoms with van der Waals surface area (Å²) in [6.07, 6.45) is 3.59. The number of hydrogen-bond acceptors (Lipinski definition) is 1. The van der Waals surface area contributed by atoms with Gasteiger partial charge in [0.2, 0.25) is 5.91 Å². The second-order valence-electron chi connectivity index (χ2n) is 3.78. The van der Waals surface area contributed by atoms with Gasteiger partial charge in [0, 0.05) is 17.8 Å². The summed E-state index contributed by atoms with van der Waals surface area (Å²) in [4.78, 5) is 11.4. The van der Waals surface area contributed by atoms with Crippen LogP contribution in [0, 0.1) is 5.41 Å². The van der Waals surface area contributed by atoms with Crippen molar-refractivity contribution < 1.29 is 4.79 Å². The van der Waals surface area contributed by atoms with E-state index in [0.717, 1.165) is 0 Å². The van der Waals surface area contributed by atoms with Crippen LogP contribution in [0.1, 0.15) is 20.8 Å². The van der Waals surface area contributed by atoms with Gasteiger partial charge < -0.3 is 0 Å². The van der Waals surface area contributed by atoms with Crippen LogP contribution in [0.3, 0.4) is 0 Å². The first-order valence-electron chi connectivity index (χ1n) is 3.94. The number of aromatic nitrogens is 1. The van der Waals surface area contributed by atoms with Crippen LogP contribution in [-0.2, 0) is 4.79 Å². The quantitative estimate of drug-likeness (QED) is 0.675. The molecule has 1 N–H and O–H groups in total. The highest BCUT2D eigenvalue weighted by Gasteiger charge is 2.20. The van der Waals surface area contributed by atoms with Crippen LogP contribution in [0.2, 0.25) is 0 Å². The molecule has 0 fully saturated rings. The number of amides is 1. The molecule has 0 bridgehead atoms. The highest BCUT2D eigenvalue weighted by atomic mass is 16.2. The molecular formula is C9H14N2O. The second kappa shape index (κ2) is 3.01. The number of carbonyl (C=O) groups is 1. The molecule has 0 spiro atoms.